The maximum absolute atomic E-state index is 13.4. The van der Waals surface area contributed by atoms with Gasteiger partial charge in [0.05, 0.1) is 11.4 Å². The van der Waals surface area contributed by atoms with Crippen molar-refractivity contribution in [3.05, 3.63) is 64.9 Å². The molecule has 7 heteroatoms. The topological polar surface area (TPSA) is 46.9 Å². The van der Waals surface area contributed by atoms with Gasteiger partial charge < -0.3 is 5.32 Å². The summed E-state index contributed by atoms with van der Waals surface area (Å²) in [7, 11) is 0. The van der Waals surface area contributed by atoms with E-state index in [0.717, 1.165) is 6.42 Å². The number of thioether (sulfide) groups is 1. The molecular formula is C17H16FN3OS2. The van der Waals surface area contributed by atoms with E-state index in [4.69, 9.17) is 0 Å². The predicted molar refractivity (Wildman–Crippen MR) is 95.3 cm³/mol. The second kappa shape index (κ2) is 8.12. The first-order chi connectivity index (χ1) is 11.7. The van der Waals surface area contributed by atoms with Crippen LogP contribution in [0.1, 0.15) is 4.88 Å². The molecule has 0 saturated carbocycles. The Labute approximate surface area is 147 Å². The minimum Gasteiger partial charge on any atom is -0.355 e. The maximum atomic E-state index is 13.4. The van der Waals surface area contributed by atoms with Crippen LogP contribution in [-0.2, 0) is 11.2 Å². The molecule has 0 unspecified atom stereocenters. The Morgan fingerprint density at radius 2 is 2.25 bits per heavy atom. The number of carbonyl (C=O) groups excluding carboxylic acids is 1. The Kier molecular flexibility index (Phi) is 5.66. The zero-order valence-corrected chi connectivity index (χ0v) is 14.4. The van der Waals surface area contributed by atoms with Crippen LogP contribution >= 0.6 is 23.1 Å². The minimum absolute atomic E-state index is 0.0367. The van der Waals surface area contributed by atoms with E-state index in [9.17, 15) is 9.18 Å². The van der Waals surface area contributed by atoms with Gasteiger partial charge in [-0.05, 0) is 36.1 Å². The molecular weight excluding hydrogens is 345 g/mol. The van der Waals surface area contributed by atoms with Crippen LogP contribution in [0.4, 0.5) is 4.39 Å². The van der Waals surface area contributed by atoms with Gasteiger partial charge in [0.2, 0.25) is 5.91 Å². The van der Waals surface area contributed by atoms with E-state index in [1.54, 1.807) is 40.4 Å². The third-order valence-corrected chi connectivity index (χ3v) is 5.20. The number of thiophene rings is 1. The highest BCUT2D eigenvalue weighted by atomic mass is 32.2. The van der Waals surface area contributed by atoms with Crippen molar-refractivity contribution in [3.63, 3.8) is 0 Å². The highest BCUT2D eigenvalue weighted by Crippen LogP contribution is 2.20. The lowest BCUT2D eigenvalue weighted by Gasteiger charge is -2.08. The van der Waals surface area contributed by atoms with Crippen LogP contribution in [0.25, 0.3) is 5.69 Å². The largest absolute Gasteiger partial charge is 0.355 e. The van der Waals surface area contributed by atoms with Gasteiger partial charge in [-0.3, -0.25) is 9.36 Å². The zero-order valence-electron chi connectivity index (χ0n) is 12.8. The maximum Gasteiger partial charge on any atom is 0.230 e. The van der Waals surface area contributed by atoms with Crippen LogP contribution in [0.15, 0.2) is 59.3 Å². The number of hydrogen-bond donors (Lipinski definition) is 1. The molecule has 0 atom stereocenters. The zero-order chi connectivity index (χ0) is 16.8. The molecule has 0 spiro atoms. The van der Waals surface area contributed by atoms with E-state index in [1.807, 2.05) is 11.4 Å². The molecule has 0 aliphatic heterocycles. The number of aromatic nitrogens is 2. The van der Waals surface area contributed by atoms with Gasteiger partial charge in [-0.15, -0.1) is 11.3 Å². The third kappa shape index (κ3) is 4.46. The van der Waals surface area contributed by atoms with Gasteiger partial charge in [-0.1, -0.05) is 23.9 Å². The van der Waals surface area contributed by atoms with Crippen LogP contribution in [-0.4, -0.2) is 27.8 Å². The fourth-order valence-corrected chi connectivity index (χ4v) is 3.69. The fraction of sp³-hybridized carbons (Fsp3) is 0.176. The van der Waals surface area contributed by atoms with Crippen molar-refractivity contribution >= 4 is 29.0 Å². The lowest BCUT2D eigenvalue weighted by atomic mass is 10.3. The Balaban J connectivity index is 1.52. The van der Waals surface area contributed by atoms with Crippen LogP contribution in [0.5, 0.6) is 0 Å². The van der Waals surface area contributed by atoms with Crippen molar-refractivity contribution in [2.45, 2.75) is 11.6 Å². The molecule has 1 N–H and O–H groups in total. The molecule has 1 aromatic carbocycles. The van der Waals surface area contributed by atoms with E-state index >= 15 is 0 Å². The highest BCUT2D eigenvalue weighted by molar-refractivity contribution is 7.99. The lowest BCUT2D eigenvalue weighted by Crippen LogP contribution is -2.27. The normalized spacial score (nSPS) is 10.7. The van der Waals surface area contributed by atoms with E-state index in [1.165, 1.54) is 28.8 Å². The number of rotatable bonds is 7. The van der Waals surface area contributed by atoms with Crippen molar-refractivity contribution in [1.82, 2.24) is 14.9 Å². The summed E-state index contributed by atoms with van der Waals surface area (Å²) in [4.78, 5) is 17.4. The summed E-state index contributed by atoms with van der Waals surface area (Å²) in [6, 6.07) is 10.3. The number of imidazole rings is 1. The van der Waals surface area contributed by atoms with Crippen LogP contribution in [0.2, 0.25) is 0 Å². The molecule has 4 nitrogen and oxygen atoms in total. The molecule has 1 amide bonds. The number of carbonyl (C=O) groups is 1. The van der Waals surface area contributed by atoms with E-state index in [2.05, 4.69) is 16.4 Å². The Hall–Kier alpha value is -2.12. The summed E-state index contributed by atoms with van der Waals surface area (Å²) in [5.74, 6) is -0.0645. The molecule has 0 aliphatic rings. The number of halogens is 1. The number of amides is 1. The quantitative estimate of drug-likeness (QED) is 0.655. The average Bonchev–Trinajstić information content (AvgIpc) is 3.24. The highest BCUT2D eigenvalue weighted by Gasteiger charge is 2.09. The molecule has 0 aliphatic carbocycles. The van der Waals surface area contributed by atoms with Gasteiger partial charge in [0.1, 0.15) is 5.82 Å². The molecule has 0 radical (unpaired) electrons. The summed E-state index contributed by atoms with van der Waals surface area (Å²) >= 11 is 3.02. The summed E-state index contributed by atoms with van der Waals surface area (Å²) in [5, 5.41) is 5.59. The fourth-order valence-electron chi connectivity index (χ4n) is 2.18. The molecule has 0 bridgehead atoms. The van der Waals surface area contributed by atoms with Crippen LogP contribution in [0, 0.1) is 5.82 Å². The summed E-state index contributed by atoms with van der Waals surface area (Å²) < 4.78 is 15.1. The molecule has 124 valence electrons. The summed E-state index contributed by atoms with van der Waals surface area (Å²) in [6.45, 7) is 0.623. The predicted octanol–water partition coefficient (Wildman–Crippen LogP) is 3.52. The first-order valence-electron chi connectivity index (χ1n) is 7.43. The Morgan fingerprint density at radius 1 is 1.33 bits per heavy atom. The van der Waals surface area contributed by atoms with Gasteiger partial charge in [0, 0.05) is 23.8 Å². The lowest BCUT2D eigenvalue weighted by molar-refractivity contribution is -0.118. The average molecular weight is 361 g/mol. The van der Waals surface area contributed by atoms with Crippen LogP contribution < -0.4 is 5.32 Å². The van der Waals surface area contributed by atoms with Gasteiger partial charge in [-0.2, -0.15) is 0 Å². The van der Waals surface area contributed by atoms with Crippen molar-refractivity contribution in [1.29, 1.82) is 0 Å². The summed E-state index contributed by atoms with van der Waals surface area (Å²) in [5.41, 5.74) is 0.688. The van der Waals surface area contributed by atoms with Crippen molar-refractivity contribution < 1.29 is 9.18 Å². The molecule has 24 heavy (non-hydrogen) atoms. The Morgan fingerprint density at radius 3 is 3.04 bits per heavy atom. The van der Waals surface area contributed by atoms with E-state index < -0.39 is 0 Å². The first-order valence-corrected chi connectivity index (χ1v) is 9.30. The first kappa shape index (κ1) is 16.7. The number of hydrogen-bond acceptors (Lipinski definition) is 4. The molecule has 0 saturated heterocycles. The molecule has 3 aromatic rings. The van der Waals surface area contributed by atoms with Gasteiger partial charge in [-0.25, -0.2) is 9.37 Å². The SMILES string of the molecule is O=C(CSc1nccn1-c1cccc(F)c1)NCCc1cccs1. The van der Waals surface area contributed by atoms with E-state index in [0.29, 0.717) is 17.4 Å². The second-order valence-electron chi connectivity index (χ2n) is 5.03. The number of nitrogens with one attached hydrogen (secondary N) is 1. The number of nitrogens with zero attached hydrogens (tertiary/aromatic N) is 2. The summed E-state index contributed by atoms with van der Waals surface area (Å²) in [6.07, 6.45) is 4.24. The molecule has 2 aromatic heterocycles. The molecule has 0 fully saturated rings. The second-order valence-corrected chi connectivity index (χ2v) is 7.00. The van der Waals surface area contributed by atoms with E-state index in [-0.39, 0.29) is 17.5 Å². The Bertz CT molecular complexity index is 802. The smallest absolute Gasteiger partial charge is 0.230 e. The van der Waals surface area contributed by atoms with Gasteiger partial charge >= 0.3 is 0 Å². The standard InChI is InChI=1S/C17H16FN3OS2/c18-13-3-1-4-14(11-13)21-9-8-20-17(21)24-12-16(22)19-7-6-15-5-2-10-23-15/h1-5,8-11H,6-7,12H2,(H,19,22). The molecule has 3 rings (SSSR count). The van der Waals surface area contributed by atoms with Crippen molar-refractivity contribution in [2.24, 2.45) is 0 Å². The van der Waals surface area contributed by atoms with Crippen molar-refractivity contribution in [2.75, 3.05) is 12.3 Å². The van der Waals surface area contributed by atoms with Crippen LogP contribution in [0.3, 0.4) is 0 Å². The van der Waals surface area contributed by atoms with Gasteiger partial charge in [0.15, 0.2) is 5.16 Å². The molecule has 2 heterocycles. The van der Waals surface area contributed by atoms with Crippen molar-refractivity contribution in [3.8, 4) is 5.69 Å². The number of benzene rings is 1. The van der Waals surface area contributed by atoms with Gasteiger partial charge in [0.25, 0.3) is 0 Å². The monoisotopic (exact) mass is 361 g/mol. The third-order valence-electron chi connectivity index (χ3n) is 3.30. The minimum atomic E-state index is -0.302.